The van der Waals surface area contributed by atoms with E-state index in [1.54, 1.807) is 24.2 Å². The maximum absolute atomic E-state index is 14.3. The molecule has 3 N–H and O–H groups in total. The number of ether oxygens (including phenoxy) is 1. The Kier molecular flexibility index (Phi) is 8.87. The number of likely N-dealkylation sites (tertiary alicyclic amines) is 1. The van der Waals surface area contributed by atoms with Gasteiger partial charge in [0.2, 0.25) is 11.8 Å². The van der Waals surface area contributed by atoms with Gasteiger partial charge in [-0.05, 0) is 86.0 Å². The van der Waals surface area contributed by atoms with Gasteiger partial charge in [-0.2, -0.15) is 5.10 Å². The molecule has 0 bridgehead atoms. The van der Waals surface area contributed by atoms with Crippen LogP contribution in [0.15, 0.2) is 36.5 Å². The lowest BCUT2D eigenvalue weighted by Crippen LogP contribution is -2.54. The molecule has 4 aliphatic rings. The first kappa shape index (κ1) is 32.1. The topological polar surface area (TPSA) is 135 Å². The van der Waals surface area contributed by atoms with Crippen LogP contribution in [0.5, 0.6) is 0 Å². The van der Waals surface area contributed by atoms with Crippen LogP contribution < -0.4 is 16.0 Å². The number of carbonyl (C=O) groups excluding carboxylic acids is 4. The van der Waals surface area contributed by atoms with Gasteiger partial charge in [0.25, 0.3) is 5.91 Å². The number of hydrogen-bond donors (Lipinski definition) is 3. The van der Waals surface area contributed by atoms with Crippen LogP contribution in [0.1, 0.15) is 87.7 Å². The fraction of sp³-hybridized carbons (Fsp3) is 0.629. The number of rotatable bonds is 11. The van der Waals surface area contributed by atoms with Crippen molar-refractivity contribution in [2.24, 2.45) is 30.2 Å². The van der Waals surface area contributed by atoms with Gasteiger partial charge in [-0.3, -0.25) is 19.1 Å². The first-order chi connectivity index (χ1) is 22.0. The van der Waals surface area contributed by atoms with Crippen molar-refractivity contribution in [2.75, 3.05) is 25.5 Å². The number of hydrogen-bond acceptors (Lipinski definition) is 6. The summed E-state index contributed by atoms with van der Waals surface area (Å²) < 4.78 is 6.52. The lowest BCUT2D eigenvalue weighted by molar-refractivity contribution is -0.127. The highest BCUT2D eigenvalue weighted by atomic mass is 16.5. The molecule has 1 aliphatic heterocycles. The average Bonchev–Trinajstić information content (AvgIpc) is 3.35. The normalized spacial score (nSPS) is 24.1. The Labute approximate surface area is 271 Å². The molecule has 1 aromatic carbocycles. The van der Waals surface area contributed by atoms with Crippen molar-refractivity contribution in [2.45, 2.75) is 89.1 Å². The maximum Gasteiger partial charge on any atom is 0.409 e. The van der Waals surface area contributed by atoms with Gasteiger partial charge in [0, 0.05) is 38.1 Å². The first-order valence-corrected chi connectivity index (χ1v) is 16.9. The zero-order valence-electron chi connectivity index (χ0n) is 27.5. The van der Waals surface area contributed by atoms with Crippen molar-refractivity contribution in [3.63, 3.8) is 0 Å². The summed E-state index contributed by atoms with van der Waals surface area (Å²) in [7, 11) is 3.06. The van der Waals surface area contributed by atoms with E-state index in [1.165, 1.54) is 18.2 Å². The highest BCUT2D eigenvalue weighted by molar-refractivity contribution is 6.01. The smallest absolute Gasteiger partial charge is 0.409 e. The van der Waals surface area contributed by atoms with Crippen LogP contribution in [0, 0.1) is 23.2 Å². The fourth-order valence-corrected chi connectivity index (χ4v) is 7.87. The van der Waals surface area contributed by atoms with Crippen molar-refractivity contribution in [1.29, 1.82) is 0 Å². The summed E-state index contributed by atoms with van der Waals surface area (Å²) in [6.45, 7) is 4.86. The van der Waals surface area contributed by atoms with E-state index in [4.69, 9.17) is 4.74 Å². The van der Waals surface area contributed by atoms with E-state index in [0.29, 0.717) is 36.2 Å². The summed E-state index contributed by atoms with van der Waals surface area (Å²) in [6, 6.07) is 8.35. The number of methoxy groups -OCH3 is 1. The van der Waals surface area contributed by atoms with E-state index < -0.39 is 17.6 Å². The monoisotopic (exact) mass is 632 g/mol. The van der Waals surface area contributed by atoms with E-state index in [1.807, 2.05) is 24.3 Å². The molecule has 4 amide bonds. The number of aryl methyl sites for hydroxylation is 1. The second-order valence-electron chi connectivity index (χ2n) is 14.4. The van der Waals surface area contributed by atoms with Crippen molar-refractivity contribution < 1.29 is 23.9 Å². The zero-order valence-corrected chi connectivity index (χ0v) is 27.5. The van der Waals surface area contributed by atoms with E-state index in [0.717, 1.165) is 50.5 Å². The molecule has 2 heterocycles. The molecular formula is C35H48N6O5. The number of nitrogens with one attached hydrogen (secondary N) is 3. The molecule has 1 aromatic heterocycles. The molecular weight excluding hydrogens is 584 g/mol. The SMILES string of the molecule is COC(=O)N1CCC(C(=O)NC(C)C2CCC2)(c2cccc(NC(=O)[C@@H](NC(=O)c3ccnn3C)C(C3CCC3)C3(C)CC3)c2)C1. The van der Waals surface area contributed by atoms with Gasteiger partial charge in [0.05, 0.1) is 12.5 Å². The predicted octanol–water partition coefficient (Wildman–Crippen LogP) is 4.39. The van der Waals surface area contributed by atoms with Gasteiger partial charge in [-0.25, -0.2) is 4.79 Å². The number of amides is 4. The van der Waals surface area contributed by atoms with Crippen molar-refractivity contribution in [1.82, 2.24) is 25.3 Å². The second-order valence-corrected chi connectivity index (χ2v) is 14.4. The molecule has 4 atom stereocenters. The minimum atomic E-state index is -0.990. The second kappa shape index (κ2) is 12.7. The number of carbonyl (C=O) groups is 4. The Balaban J connectivity index is 1.27. The van der Waals surface area contributed by atoms with Crippen molar-refractivity contribution in [3.05, 3.63) is 47.8 Å². The van der Waals surface area contributed by atoms with Crippen LogP contribution in [0.2, 0.25) is 0 Å². The maximum atomic E-state index is 14.3. The van der Waals surface area contributed by atoms with E-state index in [-0.39, 0.29) is 41.6 Å². The van der Waals surface area contributed by atoms with Crippen molar-refractivity contribution >= 4 is 29.5 Å². The lowest BCUT2D eigenvalue weighted by Gasteiger charge is -2.42. The molecule has 0 spiro atoms. The van der Waals surface area contributed by atoms with Gasteiger partial charge in [-0.15, -0.1) is 0 Å². The van der Waals surface area contributed by atoms with Crippen LogP contribution >= 0.6 is 0 Å². The third-order valence-corrected chi connectivity index (χ3v) is 11.5. The third kappa shape index (κ3) is 6.12. The first-order valence-electron chi connectivity index (χ1n) is 16.9. The van der Waals surface area contributed by atoms with E-state index in [9.17, 15) is 19.2 Å². The van der Waals surface area contributed by atoms with Crippen LogP contribution in [0.3, 0.4) is 0 Å². The predicted molar refractivity (Wildman–Crippen MR) is 173 cm³/mol. The minimum Gasteiger partial charge on any atom is -0.453 e. The Morgan fingerprint density at radius 3 is 2.30 bits per heavy atom. The molecule has 3 aliphatic carbocycles. The molecule has 4 fully saturated rings. The van der Waals surface area contributed by atoms with Gasteiger partial charge in [0.15, 0.2) is 0 Å². The summed E-state index contributed by atoms with van der Waals surface area (Å²) in [5.41, 5.74) is 0.681. The highest BCUT2D eigenvalue weighted by Crippen LogP contribution is 2.58. The molecule has 1 saturated heterocycles. The molecule has 11 nitrogen and oxygen atoms in total. The Bertz CT molecular complexity index is 1480. The highest BCUT2D eigenvalue weighted by Gasteiger charge is 2.54. The van der Waals surface area contributed by atoms with Crippen LogP contribution in [0.4, 0.5) is 10.5 Å². The third-order valence-electron chi connectivity index (χ3n) is 11.5. The van der Waals surface area contributed by atoms with Gasteiger partial charge in [0.1, 0.15) is 11.7 Å². The number of benzene rings is 1. The largest absolute Gasteiger partial charge is 0.453 e. The quantitative estimate of drug-likeness (QED) is 0.337. The van der Waals surface area contributed by atoms with Gasteiger partial charge >= 0.3 is 6.09 Å². The number of aromatic nitrogens is 2. The van der Waals surface area contributed by atoms with Gasteiger partial charge < -0.3 is 25.6 Å². The van der Waals surface area contributed by atoms with Crippen LogP contribution in [-0.4, -0.2) is 70.8 Å². The summed E-state index contributed by atoms with van der Waals surface area (Å²) in [5.74, 6) is 0.129. The molecule has 3 saturated carbocycles. The molecule has 6 rings (SSSR count). The minimum absolute atomic E-state index is 0.00481. The summed E-state index contributed by atoms with van der Waals surface area (Å²) in [6.07, 6.45) is 10.2. The van der Waals surface area contributed by atoms with Crippen molar-refractivity contribution in [3.8, 4) is 0 Å². The Hall–Kier alpha value is -3.89. The van der Waals surface area contributed by atoms with E-state index in [2.05, 4.69) is 34.9 Å². The Morgan fingerprint density at radius 1 is 1.00 bits per heavy atom. The summed E-state index contributed by atoms with van der Waals surface area (Å²) in [4.78, 5) is 55.9. The standard InChI is InChI=1S/C35H48N6O5/c1-22(23-8-5-9-23)37-32(44)35(17-19-41(21-35)33(45)46-4)25-12-7-13-26(20-25)38-31(43)29(39-30(42)27-14-18-36-40(27)3)28(24-10-6-11-24)34(2)15-16-34/h7,12-14,18,20,22-24,28-29H,5-6,8-11,15-17,19,21H2,1-4H3,(H,37,44)(H,38,43)(H,39,42)/t22?,28?,29-,35?/m0/s1. The molecule has 0 radical (unpaired) electrons. The van der Waals surface area contributed by atoms with Crippen LogP contribution in [0.25, 0.3) is 0 Å². The molecule has 2 aromatic rings. The van der Waals surface area contributed by atoms with Crippen LogP contribution in [-0.2, 0) is 26.8 Å². The average molecular weight is 633 g/mol. The Morgan fingerprint density at radius 2 is 1.72 bits per heavy atom. The number of anilines is 1. The molecule has 11 heteroatoms. The lowest BCUT2D eigenvalue weighted by atomic mass is 9.66. The summed E-state index contributed by atoms with van der Waals surface area (Å²) in [5, 5.41) is 13.6. The van der Waals surface area contributed by atoms with E-state index >= 15 is 0 Å². The fourth-order valence-electron chi connectivity index (χ4n) is 7.87. The molecule has 3 unspecified atom stereocenters. The van der Waals surface area contributed by atoms with Gasteiger partial charge in [-0.1, -0.05) is 44.7 Å². The number of nitrogens with zero attached hydrogens (tertiary/aromatic N) is 3. The molecule has 46 heavy (non-hydrogen) atoms. The summed E-state index contributed by atoms with van der Waals surface area (Å²) >= 11 is 0. The zero-order chi connectivity index (χ0) is 32.6. The molecule has 248 valence electrons.